The third-order valence-electron chi connectivity index (χ3n) is 2.96. The van der Waals surface area contributed by atoms with Gasteiger partial charge in [0, 0.05) is 6.07 Å². The number of aromatic hydroxyl groups is 2. The summed E-state index contributed by atoms with van der Waals surface area (Å²) in [5.74, 6) is 0.363. The van der Waals surface area contributed by atoms with Gasteiger partial charge in [-0.1, -0.05) is 45.4 Å². The molecule has 0 radical (unpaired) electrons. The van der Waals surface area contributed by atoms with Gasteiger partial charge in [0.1, 0.15) is 5.75 Å². The van der Waals surface area contributed by atoms with E-state index in [1.165, 1.54) is 50.7 Å². The van der Waals surface area contributed by atoms with Crippen LogP contribution >= 0.6 is 0 Å². The lowest BCUT2D eigenvalue weighted by Crippen LogP contribution is -1.97. The van der Waals surface area contributed by atoms with E-state index in [4.69, 9.17) is 9.84 Å². The molecule has 102 valence electrons. The number of ether oxygens (including phenoxy) is 1. The van der Waals surface area contributed by atoms with Crippen LogP contribution in [0.15, 0.2) is 18.2 Å². The summed E-state index contributed by atoms with van der Waals surface area (Å²) in [5, 5.41) is 18.4. The molecule has 2 N–H and O–H groups in total. The predicted molar refractivity (Wildman–Crippen MR) is 73.3 cm³/mol. The van der Waals surface area contributed by atoms with E-state index in [1.807, 2.05) is 0 Å². The van der Waals surface area contributed by atoms with Gasteiger partial charge in [-0.25, -0.2) is 0 Å². The molecule has 3 heteroatoms. The van der Waals surface area contributed by atoms with Gasteiger partial charge in [-0.2, -0.15) is 0 Å². The maximum atomic E-state index is 9.29. The molecule has 0 aliphatic carbocycles. The summed E-state index contributed by atoms with van der Waals surface area (Å²) in [6.07, 6.45) is 8.76. The summed E-state index contributed by atoms with van der Waals surface area (Å²) in [4.78, 5) is 0. The van der Waals surface area contributed by atoms with Crippen LogP contribution in [-0.4, -0.2) is 16.8 Å². The van der Waals surface area contributed by atoms with Gasteiger partial charge in [-0.3, -0.25) is 0 Å². The summed E-state index contributed by atoms with van der Waals surface area (Å²) >= 11 is 0. The van der Waals surface area contributed by atoms with Crippen LogP contribution in [0, 0.1) is 0 Å². The molecule has 0 heterocycles. The van der Waals surface area contributed by atoms with Gasteiger partial charge in [0.25, 0.3) is 0 Å². The van der Waals surface area contributed by atoms with Crippen molar-refractivity contribution in [3.8, 4) is 17.2 Å². The van der Waals surface area contributed by atoms with Crippen LogP contribution in [0.2, 0.25) is 0 Å². The number of hydrogen-bond acceptors (Lipinski definition) is 3. The highest BCUT2D eigenvalue weighted by molar-refractivity contribution is 5.43. The molecule has 1 aromatic rings. The van der Waals surface area contributed by atoms with Crippen LogP contribution in [0.3, 0.4) is 0 Å². The summed E-state index contributed by atoms with van der Waals surface area (Å²) in [5.41, 5.74) is 0. The van der Waals surface area contributed by atoms with E-state index in [0.29, 0.717) is 12.4 Å². The highest BCUT2D eigenvalue weighted by Crippen LogP contribution is 2.28. The zero-order valence-electron chi connectivity index (χ0n) is 11.2. The lowest BCUT2D eigenvalue weighted by Gasteiger charge is -2.07. The molecular weight excluding hydrogens is 228 g/mol. The molecule has 0 unspecified atom stereocenters. The molecule has 0 bridgehead atoms. The van der Waals surface area contributed by atoms with E-state index in [-0.39, 0.29) is 11.5 Å². The molecule has 0 saturated heterocycles. The Morgan fingerprint density at radius 1 is 0.889 bits per heavy atom. The Morgan fingerprint density at radius 2 is 1.56 bits per heavy atom. The van der Waals surface area contributed by atoms with Gasteiger partial charge in [0.15, 0.2) is 11.5 Å². The van der Waals surface area contributed by atoms with E-state index in [2.05, 4.69) is 6.92 Å². The highest BCUT2D eigenvalue weighted by Gasteiger charge is 2.01. The lowest BCUT2D eigenvalue weighted by atomic mass is 10.1. The zero-order chi connectivity index (χ0) is 13.2. The van der Waals surface area contributed by atoms with Gasteiger partial charge in [0.2, 0.25) is 0 Å². The quantitative estimate of drug-likeness (QED) is 0.511. The van der Waals surface area contributed by atoms with E-state index in [9.17, 15) is 5.11 Å². The minimum atomic E-state index is -0.132. The molecule has 3 nitrogen and oxygen atoms in total. The molecule has 0 aliphatic heterocycles. The standard InChI is InChI=1S/C15H24O3/c1-2-3-4-5-6-7-8-11-18-13-9-10-14(16)15(17)12-13/h9-10,12,16-17H,2-8,11H2,1H3. The molecule has 0 atom stereocenters. The van der Waals surface area contributed by atoms with Crippen LogP contribution in [0.1, 0.15) is 51.9 Å². The molecule has 0 aliphatic rings. The Balaban J connectivity index is 2.05. The zero-order valence-corrected chi connectivity index (χ0v) is 11.2. The van der Waals surface area contributed by atoms with Crippen molar-refractivity contribution >= 4 is 0 Å². The second-order valence-corrected chi connectivity index (χ2v) is 4.62. The Labute approximate surface area is 109 Å². The van der Waals surface area contributed by atoms with E-state index in [1.54, 1.807) is 6.07 Å². The smallest absolute Gasteiger partial charge is 0.161 e. The molecule has 0 spiro atoms. The Hall–Kier alpha value is -1.38. The van der Waals surface area contributed by atoms with E-state index < -0.39 is 0 Å². The average Bonchev–Trinajstić information content (AvgIpc) is 2.37. The summed E-state index contributed by atoms with van der Waals surface area (Å²) in [6, 6.07) is 4.54. The van der Waals surface area contributed by atoms with Crippen molar-refractivity contribution in [3.63, 3.8) is 0 Å². The fraction of sp³-hybridized carbons (Fsp3) is 0.600. The van der Waals surface area contributed by atoms with Crippen LogP contribution in [0.4, 0.5) is 0 Å². The van der Waals surface area contributed by atoms with Crippen LogP contribution < -0.4 is 4.74 Å². The SMILES string of the molecule is CCCCCCCCCOc1ccc(O)c(O)c1. The van der Waals surface area contributed by atoms with Crippen molar-refractivity contribution in [2.24, 2.45) is 0 Å². The van der Waals surface area contributed by atoms with Crippen molar-refractivity contribution < 1.29 is 14.9 Å². The van der Waals surface area contributed by atoms with Crippen molar-refractivity contribution in [3.05, 3.63) is 18.2 Å². The van der Waals surface area contributed by atoms with Crippen molar-refractivity contribution in [2.45, 2.75) is 51.9 Å². The van der Waals surface area contributed by atoms with Gasteiger partial charge in [0.05, 0.1) is 6.61 Å². The number of rotatable bonds is 9. The number of hydrogen-bond donors (Lipinski definition) is 2. The largest absolute Gasteiger partial charge is 0.504 e. The molecule has 0 aromatic heterocycles. The van der Waals surface area contributed by atoms with Gasteiger partial charge in [-0.15, -0.1) is 0 Å². The fourth-order valence-corrected chi connectivity index (χ4v) is 1.84. The normalized spacial score (nSPS) is 10.5. The van der Waals surface area contributed by atoms with Crippen molar-refractivity contribution in [1.82, 2.24) is 0 Å². The topological polar surface area (TPSA) is 49.7 Å². The molecular formula is C15H24O3. The summed E-state index contributed by atoms with van der Waals surface area (Å²) < 4.78 is 5.50. The summed E-state index contributed by atoms with van der Waals surface area (Å²) in [7, 11) is 0. The molecule has 0 fully saturated rings. The maximum Gasteiger partial charge on any atom is 0.161 e. The Kier molecular flexibility index (Phi) is 7.07. The number of unbranched alkanes of at least 4 members (excludes halogenated alkanes) is 6. The van der Waals surface area contributed by atoms with Crippen LogP contribution in [0.25, 0.3) is 0 Å². The maximum absolute atomic E-state index is 9.29. The molecule has 0 saturated carbocycles. The second kappa shape index (κ2) is 8.67. The van der Waals surface area contributed by atoms with Crippen molar-refractivity contribution in [2.75, 3.05) is 6.61 Å². The first-order chi connectivity index (χ1) is 8.74. The fourth-order valence-electron chi connectivity index (χ4n) is 1.84. The molecule has 18 heavy (non-hydrogen) atoms. The summed E-state index contributed by atoms with van der Waals surface area (Å²) in [6.45, 7) is 2.89. The Morgan fingerprint density at radius 3 is 2.22 bits per heavy atom. The van der Waals surface area contributed by atoms with Gasteiger partial charge in [-0.05, 0) is 18.6 Å². The van der Waals surface area contributed by atoms with E-state index >= 15 is 0 Å². The minimum absolute atomic E-state index is 0.113. The first-order valence-corrected chi connectivity index (χ1v) is 6.89. The number of phenols is 2. The second-order valence-electron chi connectivity index (χ2n) is 4.62. The lowest BCUT2D eigenvalue weighted by molar-refractivity contribution is 0.301. The number of phenolic OH excluding ortho intramolecular Hbond substituents is 2. The Bertz CT molecular complexity index is 337. The third kappa shape index (κ3) is 5.80. The first kappa shape index (κ1) is 14.7. The average molecular weight is 252 g/mol. The number of benzene rings is 1. The molecule has 0 amide bonds. The van der Waals surface area contributed by atoms with Gasteiger partial charge < -0.3 is 14.9 Å². The molecule has 1 rings (SSSR count). The van der Waals surface area contributed by atoms with Gasteiger partial charge >= 0.3 is 0 Å². The third-order valence-corrected chi connectivity index (χ3v) is 2.96. The first-order valence-electron chi connectivity index (χ1n) is 6.89. The predicted octanol–water partition coefficient (Wildman–Crippen LogP) is 4.23. The van der Waals surface area contributed by atoms with Crippen LogP contribution in [0.5, 0.6) is 17.2 Å². The molecule has 1 aromatic carbocycles. The van der Waals surface area contributed by atoms with Crippen molar-refractivity contribution in [1.29, 1.82) is 0 Å². The van der Waals surface area contributed by atoms with Crippen LogP contribution in [-0.2, 0) is 0 Å². The monoisotopic (exact) mass is 252 g/mol. The van der Waals surface area contributed by atoms with E-state index in [0.717, 1.165) is 6.42 Å². The minimum Gasteiger partial charge on any atom is -0.504 e. The highest BCUT2D eigenvalue weighted by atomic mass is 16.5.